The zero-order valence-electron chi connectivity index (χ0n) is 15.3. The number of carbonyl (C=O) groups is 1. The molecule has 8 heteroatoms. The smallest absolute Gasteiger partial charge is 0.261 e. The first-order valence-corrected chi connectivity index (χ1v) is 10.1. The normalized spacial score (nSPS) is 11.2. The van der Waals surface area contributed by atoms with Gasteiger partial charge < -0.3 is 10.1 Å². The molecule has 146 valence electrons. The van der Waals surface area contributed by atoms with E-state index in [0.717, 1.165) is 12.1 Å². The summed E-state index contributed by atoms with van der Waals surface area (Å²) in [4.78, 5) is 12.3. The third-order valence-electron chi connectivity index (χ3n) is 3.82. The highest BCUT2D eigenvalue weighted by Crippen LogP contribution is 2.19. The van der Waals surface area contributed by atoms with Gasteiger partial charge in [0, 0.05) is 31.0 Å². The third-order valence-corrected chi connectivity index (χ3v) is 5.19. The van der Waals surface area contributed by atoms with Crippen molar-refractivity contribution in [3.8, 4) is 0 Å². The maximum Gasteiger partial charge on any atom is 0.261 e. The molecule has 2 rings (SSSR count). The molecule has 0 bridgehead atoms. The molecule has 0 spiro atoms. The molecule has 0 fully saturated rings. The molecule has 0 aliphatic rings. The molecule has 6 nitrogen and oxygen atoms in total. The van der Waals surface area contributed by atoms with E-state index in [1.807, 2.05) is 6.92 Å². The molecule has 0 saturated heterocycles. The summed E-state index contributed by atoms with van der Waals surface area (Å²) in [5.74, 6) is -0.806. The Morgan fingerprint density at radius 1 is 1.15 bits per heavy atom. The largest absolute Gasteiger partial charge is 0.382 e. The predicted molar refractivity (Wildman–Crippen MR) is 102 cm³/mol. The van der Waals surface area contributed by atoms with Gasteiger partial charge in [-0.25, -0.2) is 12.8 Å². The summed E-state index contributed by atoms with van der Waals surface area (Å²) in [6.07, 6.45) is 0.669. The van der Waals surface area contributed by atoms with Crippen LogP contribution in [-0.2, 0) is 14.8 Å². The number of anilines is 1. The molecule has 0 aliphatic carbocycles. The SMILES string of the molecule is CCOCCCNC(=O)c1cc(S(=O)(=O)Nc2ccc(F)cc2)ccc1C. The quantitative estimate of drug-likeness (QED) is 0.640. The highest BCUT2D eigenvalue weighted by molar-refractivity contribution is 7.92. The van der Waals surface area contributed by atoms with Crippen LogP contribution in [0.25, 0.3) is 0 Å². The first-order valence-electron chi connectivity index (χ1n) is 8.58. The summed E-state index contributed by atoms with van der Waals surface area (Å²) in [6.45, 7) is 5.23. The van der Waals surface area contributed by atoms with Crippen molar-refractivity contribution in [1.82, 2.24) is 5.32 Å². The van der Waals surface area contributed by atoms with Gasteiger partial charge in [0.1, 0.15) is 5.82 Å². The number of rotatable bonds is 9. The second kappa shape index (κ2) is 9.48. The van der Waals surface area contributed by atoms with Gasteiger partial charge in [0.25, 0.3) is 15.9 Å². The van der Waals surface area contributed by atoms with Gasteiger partial charge in [0.05, 0.1) is 4.90 Å². The van der Waals surface area contributed by atoms with E-state index in [-0.39, 0.29) is 22.1 Å². The van der Waals surface area contributed by atoms with E-state index in [0.29, 0.717) is 31.7 Å². The Morgan fingerprint density at radius 3 is 2.52 bits per heavy atom. The molecular formula is C19H23FN2O4S. The van der Waals surface area contributed by atoms with Gasteiger partial charge in [0.2, 0.25) is 0 Å². The average molecular weight is 394 g/mol. The molecule has 1 amide bonds. The minimum Gasteiger partial charge on any atom is -0.382 e. The second-order valence-corrected chi connectivity index (χ2v) is 7.58. The average Bonchev–Trinajstić information content (AvgIpc) is 2.63. The molecule has 2 aromatic carbocycles. The Kier molecular flexibility index (Phi) is 7.32. The number of benzene rings is 2. The fourth-order valence-corrected chi connectivity index (χ4v) is 3.45. The molecule has 0 aromatic heterocycles. The van der Waals surface area contributed by atoms with Crippen LogP contribution in [0, 0.1) is 12.7 Å². The number of sulfonamides is 1. The van der Waals surface area contributed by atoms with E-state index >= 15 is 0 Å². The third kappa shape index (κ3) is 6.04. The lowest BCUT2D eigenvalue weighted by molar-refractivity contribution is 0.0943. The molecule has 0 saturated carbocycles. The molecule has 0 unspecified atom stereocenters. The van der Waals surface area contributed by atoms with Gasteiger partial charge in [0.15, 0.2) is 0 Å². The Balaban J connectivity index is 2.12. The molecule has 27 heavy (non-hydrogen) atoms. The van der Waals surface area contributed by atoms with Crippen LogP contribution in [0.2, 0.25) is 0 Å². The summed E-state index contributed by atoms with van der Waals surface area (Å²) in [6, 6.07) is 9.31. The van der Waals surface area contributed by atoms with Crippen LogP contribution in [-0.4, -0.2) is 34.1 Å². The van der Waals surface area contributed by atoms with Crippen molar-refractivity contribution in [2.45, 2.75) is 25.2 Å². The number of hydrogen-bond donors (Lipinski definition) is 2. The Morgan fingerprint density at radius 2 is 1.85 bits per heavy atom. The van der Waals surface area contributed by atoms with Crippen molar-refractivity contribution in [2.24, 2.45) is 0 Å². The predicted octanol–water partition coefficient (Wildman–Crippen LogP) is 3.09. The minimum atomic E-state index is -3.90. The van der Waals surface area contributed by atoms with E-state index in [1.165, 1.54) is 24.3 Å². The topological polar surface area (TPSA) is 84.5 Å². The second-order valence-electron chi connectivity index (χ2n) is 5.90. The van der Waals surface area contributed by atoms with Crippen LogP contribution < -0.4 is 10.0 Å². The van der Waals surface area contributed by atoms with E-state index in [9.17, 15) is 17.6 Å². The molecule has 2 aromatic rings. The van der Waals surface area contributed by atoms with E-state index in [4.69, 9.17) is 4.74 Å². The minimum absolute atomic E-state index is 0.0445. The first kappa shape index (κ1) is 20.9. The monoisotopic (exact) mass is 394 g/mol. The van der Waals surface area contributed by atoms with Gasteiger partial charge in [-0.1, -0.05) is 6.07 Å². The number of carbonyl (C=O) groups excluding carboxylic acids is 1. The zero-order chi connectivity index (χ0) is 19.9. The fourth-order valence-electron chi connectivity index (χ4n) is 2.36. The van der Waals surface area contributed by atoms with Crippen molar-refractivity contribution < 1.29 is 22.3 Å². The van der Waals surface area contributed by atoms with Crippen molar-refractivity contribution in [1.29, 1.82) is 0 Å². The summed E-state index contributed by atoms with van der Waals surface area (Å²) >= 11 is 0. The maximum absolute atomic E-state index is 13.0. The van der Waals surface area contributed by atoms with Gasteiger partial charge in [-0.15, -0.1) is 0 Å². The van der Waals surface area contributed by atoms with Crippen molar-refractivity contribution in [2.75, 3.05) is 24.5 Å². The molecular weight excluding hydrogens is 371 g/mol. The van der Waals surface area contributed by atoms with Crippen molar-refractivity contribution in [3.63, 3.8) is 0 Å². The van der Waals surface area contributed by atoms with Gasteiger partial charge in [-0.3, -0.25) is 9.52 Å². The molecule has 0 heterocycles. The summed E-state index contributed by atoms with van der Waals surface area (Å²) in [7, 11) is -3.90. The Labute approximate surface area is 158 Å². The molecule has 0 aliphatic heterocycles. The van der Waals surface area contributed by atoms with Crippen LogP contribution in [0.5, 0.6) is 0 Å². The maximum atomic E-state index is 13.0. The van der Waals surface area contributed by atoms with Crippen LogP contribution in [0.15, 0.2) is 47.4 Å². The lowest BCUT2D eigenvalue weighted by Crippen LogP contribution is -2.26. The molecule has 0 atom stereocenters. The van der Waals surface area contributed by atoms with Crippen molar-refractivity contribution >= 4 is 21.6 Å². The van der Waals surface area contributed by atoms with E-state index < -0.39 is 15.8 Å². The number of nitrogens with one attached hydrogen (secondary N) is 2. The summed E-state index contributed by atoms with van der Waals surface area (Å²) < 4.78 is 45.7. The molecule has 0 radical (unpaired) electrons. The van der Waals surface area contributed by atoms with Gasteiger partial charge in [-0.05, 0) is 62.2 Å². The standard InChI is InChI=1S/C19H23FN2O4S/c1-3-26-12-4-11-21-19(23)18-13-17(10-5-14(18)2)27(24,25)22-16-8-6-15(20)7-9-16/h5-10,13,22H,3-4,11-12H2,1-2H3,(H,21,23). The first-order chi connectivity index (χ1) is 12.8. The van der Waals surface area contributed by atoms with E-state index in [1.54, 1.807) is 13.0 Å². The fraction of sp³-hybridized carbons (Fsp3) is 0.316. The summed E-state index contributed by atoms with van der Waals surface area (Å²) in [5.41, 5.74) is 1.19. The van der Waals surface area contributed by atoms with Crippen LogP contribution in [0.3, 0.4) is 0 Å². The lowest BCUT2D eigenvalue weighted by atomic mass is 10.1. The highest BCUT2D eigenvalue weighted by atomic mass is 32.2. The van der Waals surface area contributed by atoms with Crippen molar-refractivity contribution in [3.05, 3.63) is 59.4 Å². The number of amides is 1. The lowest BCUT2D eigenvalue weighted by Gasteiger charge is -2.12. The Hall–Kier alpha value is -2.45. The van der Waals surface area contributed by atoms with E-state index in [2.05, 4.69) is 10.0 Å². The Bertz CT molecular complexity index is 883. The highest BCUT2D eigenvalue weighted by Gasteiger charge is 2.18. The van der Waals surface area contributed by atoms with Crippen LogP contribution in [0.1, 0.15) is 29.3 Å². The number of halogens is 1. The van der Waals surface area contributed by atoms with Crippen LogP contribution >= 0.6 is 0 Å². The molecule has 2 N–H and O–H groups in total. The van der Waals surface area contributed by atoms with Gasteiger partial charge in [-0.2, -0.15) is 0 Å². The number of hydrogen-bond acceptors (Lipinski definition) is 4. The zero-order valence-corrected chi connectivity index (χ0v) is 16.1. The van der Waals surface area contributed by atoms with Crippen LogP contribution in [0.4, 0.5) is 10.1 Å². The number of ether oxygens (including phenoxy) is 1. The summed E-state index contributed by atoms with van der Waals surface area (Å²) in [5, 5.41) is 2.76. The number of aryl methyl sites for hydroxylation is 1. The van der Waals surface area contributed by atoms with Gasteiger partial charge >= 0.3 is 0 Å².